The van der Waals surface area contributed by atoms with Crippen molar-refractivity contribution in [2.24, 2.45) is 5.92 Å². The van der Waals surface area contributed by atoms with Gasteiger partial charge in [0.2, 0.25) is 0 Å². The van der Waals surface area contributed by atoms with Crippen LogP contribution in [0.5, 0.6) is 0 Å². The fourth-order valence-corrected chi connectivity index (χ4v) is 1.93. The van der Waals surface area contributed by atoms with Gasteiger partial charge in [0, 0.05) is 5.56 Å². The summed E-state index contributed by atoms with van der Waals surface area (Å²) in [5, 5.41) is 10.8. The highest BCUT2D eigenvalue weighted by Gasteiger charge is 2.30. The van der Waals surface area contributed by atoms with Gasteiger partial charge in [-0.15, -0.1) is 0 Å². The largest absolute Gasteiger partial charge is 0.373 e. The number of hydrogen-bond acceptors (Lipinski definition) is 1. The molecule has 0 aliphatic heterocycles. The highest BCUT2D eigenvalue weighted by atomic mass is 16.3. The van der Waals surface area contributed by atoms with E-state index in [1.165, 1.54) is 0 Å². The second kappa shape index (κ2) is 5.73. The molecule has 0 amide bonds. The minimum Gasteiger partial charge on any atom is -0.373 e. The van der Waals surface area contributed by atoms with Crippen molar-refractivity contribution in [3.05, 3.63) is 71.8 Å². The SMILES string of the molecule is CC(C)C(O)(C#Cc1ccccc1)c1ccccc1. The molecule has 0 aliphatic carbocycles. The maximum atomic E-state index is 10.8. The van der Waals surface area contributed by atoms with Crippen molar-refractivity contribution in [1.82, 2.24) is 0 Å². The van der Waals surface area contributed by atoms with E-state index >= 15 is 0 Å². The lowest BCUT2D eigenvalue weighted by molar-refractivity contribution is 0.0503. The molecule has 2 rings (SSSR count). The van der Waals surface area contributed by atoms with Gasteiger partial charge < -0.3 is 5.11 Å². The maximum absolute atomic E-state index is 10.8. The zero-order chi connectivity index (χ0) is 13.7. The summed E-state index contributed by atoms with van der Waals surface area (Å²) in [6, 6.07) is 19.4. The second-order valence-electron chi connectivity index (χ2n) is 4.90. The van der Waals surface area contributed by atoms with E-state index < -0.39 is 5.60 Å². The lowest BCUT2D eigenvalue weighted by Crippen LogP contribution is -2.30. The molecule has 0 heterocycles. The van der Waals surface area contributed by atoms with E-state index in [2.05, 4.69) is 11.8 Å². The zero-order valence-corrected chi connectivity index (χ0v) is 11.3. The van der Waals surface area contributed by atoms with Gasteiger partial charge in [0.1, 0.15) is 0 Å². The number of rotatable bonds is 2. The van der Waals surface area contributed by atoms with Gasteiger partial charge in [-0.05, 0) is 23.6 Å². The first-order chi connectivity index (χ1) is 9.13. The smallest absolute Gasteiger partial charge is 0.153 e. The molecule has 1 heteroatoms. The molecule has 0 saturated carbocycles. The molecule has 1 atom stereocenters. The Bertz CT molecular complexity index is 575. The van der Waals surface area contributed by atoms with Crippen LogP contribution in [0.1, 0.15) is 25.0 Å². The van der Waals surface area contributed by atoms with Crippen LogP contribution in [-0.2, 0) is 5.60 Å². The summed E-state index contributed by atoms with van der Waals surface area (Å²) >= 11 is 0. The molecule has 0 saturated heterocycles. The van der Waals surface area contributed by atoms with Crippen LogP contribution < -0.4 is 0 Å². The van der Waals surface area contributed by atoms with Gasteiger partial charge >= 0.3 is 0 Å². The number of aliphatic hydroxyl groups is 1. The molecular formula is C18H18O. The standard InChI is InChI=1S/C18H18O/c1-15(2)18(19,17-11-7-4-8-12-17)14-13-16-9-5-3-6-10-16/h3-12,15,19H,1-2H3. The summed E-state index contributed by atoms with van der Waals surface area (Å²) in [6.45, 7) is 3.96. The molecule has 1 nitrogen and oxygen atoms in total. The zero-order valence-electron chi connectivity index (χ0n) is 11.3. The Kier molecular flexibility index (Phi) is 4.04. The van der Waals surface area contributed by atoms with Crippen LogP contribution in [0.3, 0.4) is 0 Å². The van der Waals surface area contributed by atoms with Crippen LogP contribution in [0, 0.1) is 17.8 Å². The third kappa shape index (κ3) is 3.05. The molecule has 2 aromatic rings. The van der Waals surface area contributed by atoms with Gasteiger partial charge in [-0.2, -0.15) is 0 Å². The van der Waals surface area contributed by atoms with E-state index in [1.807, 2.05) is 74.5 Å². The molecule has 0 aromatic heterocycles. The van der Waals surface area contributed by atoms with Crippen LogP contribution in [0.25, 0.3) is 0 Å². The Labute approximate surface area is 114 Å². The average Bonchev–Trinajstić information content (AvgIpc) is 2.46. The third-order valence-electron chi connectivity index (χ3n) is 3.22. The van der Waals surface area contributed by atoms with Gasteiger partial charge in [-0.1, -0.05) is 74.2 Å². The van der Waals surface area contributed by atoms with Crippen molar-refractivity contribution in [1.29, 1.82) is 0 Å². The molecule has 0 fully saturated rings. The first-order valence-electron chi connectivity index (χ1n) is 6.49. The molecule has 0 bridgehead atoms. The van der Waals surface area contributed by atoms with E-state index in [0.717, 1.165) is 11.1 Å². The second-order valence-corrected chi connectivity index (χ2v) is 4.90. The van der Waals surface area contributed by atoms with Crippen molar-refractivity contribution >= 4 is 0 Å². The van der Waals surface area contributed by atoms with Crippen LogP contribution in [-0.4, -0.2) is 5.11 Å². The van der Waals surface area contributed by atoms with Crippen molar-refractivity contribution in [2.75, 3.05) is 0 Å². The molecule has 1 N–H and O–H groups in total. The minimum atomic E-state index is -1.11. The number of benzene rings is 2. The van der Waals surface area contributed by atoms with E-state index in [0.29, 0.717) is 0 Å². The highest BCUT2D eigenvalue weighted by molar-refractivity contribution is 5.40. The van der Waals surface area contributed by atoms with Crippen LogP contribution >= 0.6 is 0 Å². The Hall–Kier alpha value is -2.04. The molecule has 96 valence electrons. The van der Waals surface area contributed by atoms with Gasteiger partial charge in [0.25, 0.3) is 0 Å². The van der Waals surface area contributed by atoms with Crippen molar-refractivity contribution < 1.29 is 5.11 Å². The predicted molar refractivity (Wildman–Crippen MR) is 78.5 cm³/mol. The van der Waals surface area contributed by atoms with Crippen LogP contribution in [0.2, 0.25) is 0 Å². The Morgan fingerprint density at radius 2 is 1.42 bits per heavy atom. The topological polar surface area (TPSA) is 20.2 Å². The van der Waals surface area contributed by atoms with E-state index in [-0.39, 0.29) is 5.92 Å². The quantitative estimate of drug-likeness (QED) is 0.808. The monoisotopic (exact) mass is 250 g/mol. The molecular weight excluding hydrogens is 232 g/mol. The van der Waals surface area contributed by atoms with Crippen molar-refractivity contribution in [3.63, 3.8) is 0 Å². The summed E-state index contributed by atoms with van der Waals surface area (Å²) in [6.07, 6.45) is 0. The van der Waals surface area contributed by atoms with Crippen LogP contribution in [0.4, 0.5) is 0 Å². The van der Waals surface area contributed by atoms with Crippen molar-refractivity contribution in [3.8, 4) is 11.8 Å². The Morgan fingerprint density at radius 3 is 1.95 bits per heavy atom. The fraction of sp³-hybridized carbons (Fsp3) is 0.222. The molecule has 1 unspecified atom stereocenters. The number of hydrogen-bond donors (Lipinski definition) is 1. The highest BCUT2D eigenvalue weighted by Crippen LogP contribution is 2.28. The maximum Gasteiger partial charge on any atom is 0.153 e. The summed E-state index contributed by atoms with van der Waals surface area (Å²) < 4.78 is 0. The van der Waals surface area contributed by atoms with Gasteiger partial charge in [-0.25, -0.2) is 0 Å². The molecule has 0 radical (unpaired) electrons. The molecule has 0 spiro atoms. The first kappa shape index (κ1) is 13.4. The lowest BCUT2D eigenvalue weighted by atomic mass is 9.84. The Morgan fingerprint density at radius 1 is 0.895 bits per heavy atom. The van der Waals surface area contributed by atoms with Gasteiger partial charge in [0.05, 0.1) is 0 Å². The van der Waals surface area contributed by atoms with E-state index in [1.54, 1.807) is 0 Å². The summed E-state index contributed by atoms with van der Waals surface area (Å²) in [7, 11) is 0. The average molecular weight is 250 g/mol. The molecule has 19 heavy (non-hydrogen) atoms. The normalized spacial score (nSPS) is 13.5. The first-order valence-corrected chi connectivity index (χ1v) is 6.49. The lowest BCUT2D eigenvalue weighted by Gasteiger charge is -2.27. The van der Waals surface area contributed by atoms with E-state index in [9.17, 15) is 5.11 Å². The third-order valence-corrected chi connectivity index (χ3v) is 3.22. The van der Waals surface area contributed by atoms with E-state index in [4.69, 9.17) is 0 Å². The van der Waals surface area contributed by atoms with Crippen molar-refractivity contribution in [2.45, 2.75) is 19.4 Å². The predicted octanol–water partition coefficient (Wildman–Crippen LogP) is 3.58. The molecule has 2 aromatic carbocycles. The summed E-state index contributed by atoms with van der Waals surface area (Å²) in [5.41, 5.74) is 0.642. The van der Waals surface area contributed by atoms with Crippen LogP contribution in [0.15, 0.2) is 60.7 Å². The summed E-state index contributed by atoms with van der Waals surface area (Å²) in [4.78, 5) is 0. The van der Waals surface area contributed by atoms with Gasteiger partial charge in [0.15, 0.2) is 5.60 Å². The Balaban J connectivity index is 2.40. The molecule has 0 aliphatic rings. The summed E-state index contributed by atoms with van der Waals surface area (Å²) in [5.74, 6) is 6.12. The minimum absolute atomic E-state index is 0.0195. The van der Waals surface area contributed by atoms with Gasteiger partial charge in [-0.3, -0.25) is 0 Å². The fourth-order valence-electron chi connectivity index (χ4n) is 1.93.